The summed E-state index contributed by atoms with van der Waals surface area (Å²) in [6.45, 7) is 5.31. The molecule has 1 saturated carbocycles. The van der Waals surface area contributed by atoms with Crippen molar-refractivity contribution in [1.82, 2.24) is 5.32 Å². The Morgan fingerprint density at radius 2 is 1.85 bits per heavy atom. The van der Waals surface area contributed by atoms with Gasteiger partial charge in [-0.2, -0.15) is 0 Å². The lowest BCUT2D eigenvalue weighted by atomic mass is 9.86. The molecule has 1 unspecified atom stereocenters. The summed E-state index contributed by atoms with van der Waals surface area (Å²) < 4.78 is 0. The van der Waals surface area contributed by atoms with Gasteiger partial charge in [-0.05, 0) is 44.0 Å². The van der Waals surface area contributed by atoms with Crippen molar-refractivity contribution in [3.8, 4) is 0 Å². The third kappa shape index (κ3) is 4.51. The van der Waals surface area contributed by atoms with E-state index in [1.165, 1.54) is 29.7 Å². The average Bonchev–Trinajstić information content (AvgIpc) is 2.47. The van der Waals surface area contributed by atoms with E-state index in [0.29, 0.717) is 6.04 Å². The first-order valence-electron chi connectivity index (χ1n) is 7.81. The van der Waals surface area contributed by atoms with E-state index in [1.807, 2.05) is 0 Å². The van der Waals surface area contributed by atoms with Gasteiger partial charge in [0.2, 0.25) is 0 Å². The summed E-state index contributed by atoms with van der Waals surface area (Å²) in [4.78, 5) is 1.26. The molecular formula is C17H27NOS. The molecule has 3 heteroatoms. The normalized spacial score (nSPS) is 19.8. The van der Waals surface area contributed by atoms with Gasteiger partial charge in [-0.15, -0.1) is 11.8 Å². The van der Waals surface area contributed by atoms with Crippen molar-refractivity contribution in [3.05, 3.63) is 29.8 Å². The zero-order valence-corrected chi connectivity index (χ0v) is 13.5. The second-order valence-electron chi connectivity index (χ2n) is 5.92. The highest BCUT2D eigenvalue weighted by Gasteiger charge is 2.28. The summed E-state index contributed by atoms with van der Waals surface area (Å²) in [5, 5.41) is 13.9. The van der Waals surface area contributed by atoms with E-state index in [-0.39, 0.29) is 0 Å². The Hall–Kier alpha value is -0.510. The predicted molar refractivity (Wildman–Crippen MR) is 87.3 cm³/mol. The zero-order chi connectivity index (χ0) is 14.4. The minimum Gasteiger partial charge on any atom is -0.389 e. The van der Waals surface area contributed by atoms with Gasteiger partial charge in [-0.25, -0.2) is 0 Å². The van der Waals surface area contributed by atoms with Gasteiger partial charge in [-0.3, -0.25) is 0 Å². The topological polar surface area (TPSA) is 32.3 Å². The van der Waals surface area contributed by atoms with Crippen LogP contribution in [0.2, 0.25) is 0 Å². The molecule has 1 aliphatic rings. The molecule has 1 aromatic rings. The Labute approximate surface area is 127 Å². The third-order valence-corrected chi connectivity index (χ3v) is 5.47. The molecule has 1 aromatic carbocycles. The summed E-state index contributed by atoms with van der Waals surface area (Å²) in [7, 11) is 0. The predicted octanol–water partition coefficient (Wildman–Crippen LogP) is 4.14. The molecule has 1 aliphatic carbocycles. The summed E-state index contributed by atoms with van der Waals surface area (Å²) in [6, 6.07) is 9.16. The molecule has 20 heavy (non-hydrogen) atoms. The van der Waals surface area contributed by atoms with Gasteiger partial charge in [0.15, 0.2) is 0 Å². The highest BCUT2D eigenvalue weighted by atomic mass is 32.2. The minimum absolute atomic E-state index is 0.404. The van der Waals surface area contributed by atoms with Crippen LogP contribution in [0.4, 0.5) is 0 Å². The second-order valence-corrected chi connectivity index (χ2v) is 6.97. The highest BCUT2D eigenvalue weighted by molar-refractivity contribution is 7.99. The molecule has 2 rings (SSSR count). The fourth-order valence-corrected chi connectivity index (χ4v) is 3.90. The number of hydrogen-bond donors (Lipinski definition) is 2. The molecule has 0 spiro atoms. The van der Waals surface area contributed by atoms with Gasteiger partial charge >= 0.3 is 0 Å². The maximum Gasteiger partial charge on any atom is 0.0741 e. The summed E-state index contributed by atoms with van der Waals surface area (Å²) in [5.74, 6) is 0.828. The fourth-order valence-electron chi connectivity index (χ4n) is 2.85. The van der Waals surface area contributed by atoms with Crippen LogP contribution in [0.3, 0.4) is 0 Å². The van der Waals surface area contributed by atoms with Crippen LogP contribution < -0.4 is 5.32 Å². The standard InChI is InChI=1S/C17H27NOS/c1-3-18-14(2)15-7-9-16(10-8-15)20-13-17(19)11-5-4-6-12-17/h7-10,14,18-19H,3-6,11-13H2,1-2H3. The lowest BCUT2D eigenvalue weighted by Gasteiger charge is -2.31. The van der Waals surface area contributed by atoms with Crippen molar-refractivity contribution in [3.63, 3.8) is 0 Å². The van der Waals surface area contributed by atoms with E-state index in [1.54, 1.807) is 11.8 Å². The Balaban J connectivity index is 1.87. The molecule has 0 heterocycles. The van der Waals surface area contributed by atoms with Gasteiger partial charge in [0.25, 0.3) is 0 Å². The fraction of sp³-hybridized carbons (Fsp3) is 0.647. The van der Waals surface area contributed by atoms with E-state index in [2.05, 4.69) is 43.4 Å². The molecule has 0 saturated heterocycles. The molecular weight excluding hydrogens is 266 g/mol. The highest BCUT2D eigenvalue weighted by Crippen LogP contribution is 2.33. The SMILES string of the molecule is CCNC(C)c1ccc(SCC2(O)CCCCC2)cc1. The van der Waals surface area contributed by atoms with Crippen LogP contribution in [0.5, 0.6) is 0 Å². The number of benzene rings is 1. The van der Waals surface area contributed by atoms with Crippen LogP contribution in [0.1, 0.15) is 57.6 Å². The van der Waals surface area contributed by atoms with Crippen LogP contribution in [-0.4, -0.2) is 23.0 Å². The van der Waals surface area contributed by atoms with Crippen molar-refractivity contribution >= 4 is 11.8 Å². The van der Waals surface area contributed by atoms with Crippen LogP contribution in [0, 0.1) is 0 Å². The monoisotopic (exact) mass is 293 g/mol. The first kappa shape index (κ1) is 15.9. The first-order valence-corrected chi connectivity index (χ1v) is 8.80. The first-order chi connectivity index (χ1) is 9.63. The van der Waals surface area contributed by atoms with E-state index >= 15 is 0 Å². The van der Waals surface area contributed by atoms with Crippen LogP contribution in [0.15, 0.2) is 29.2 Å². The summed E-state index contributed by atoms with van der Waals surface area (Å²) in [5.41, 5.74) is 0.895. The number of rotatable bonds is 6. The second kappa shape index (κ2) is 7.48. The van der Waals surface area contributed by atoms with Crippen LogP contribution in [0.25, 0.3) is 0 Å². The Bertz CT molecular complexity index is 398. The van der Waals surface area contributed by atoms with Crippen molar-refractivity contribution in [1.29, 1.82) is 0 Å². The molecule has 2 nitrogen and oxygen atoms in total. The Morgan fingerprint density at radius 3 is 2.45 bits per heavy atom. The molecule has 0 radical (unpaired) electrons. The van der Waals surface area contributed by atoms with Crippen LogP contribution in [-0.2, 0) is 0 Å². The third-order valence-electron chi connectivity index (χ3n) is 4.18. The van der Waals surface area contributed by atoms with Crippen molar-refractivity contribution in [2.45, 2.75) is 62.5 Å². The number of nitrogens with one attached hydrogen (secondary N) is 1. The summed E-state index contributed by atoms with van der Waals surface area (Å²) >= 11 is 1.79. The number of thioether (sulfide) groups is 1. The van der Waals surface area contributed by atoms with E-state index in [0.717, 1.165) is 25.1 Å². The lowest BCUT2D eigenvalue weighted by molar-refractivity contribution is 0.0273. The van der Waals surface area contributed by atoms with E-state index in [9.17, 15) is 5.11 Å². The lowest BCUT2D eigenvalue weighted by Crippen LogP contribution is -2.33. The minimum atomic E-state index is -0.432. The molecule has 1 atom stereocenters. The smallest absolute Gasteiger partial charge is 0.0741 e. The summed E-state index contributed by atoms with van der Waals surface area (Å²) in [6.07, 6.45) is 5.57. The largest absolute Gasteiger partial charge is 0.389 e. The van der Waals surface area contributed by atoms with Crippen molar-refractivity contribution < 1.29 is 5.11 Å². The maximum absolute atomic E-state index is 10.5. The van der Waals surface area contributed by atoms with Gasteiger partial charge in [0.05, 0.1) is 5.60 Å². The van der Waals surface area contributed by atoms with Crippen molar-refractivity contribution in [2.75, 3.05) is 12.3 Å². The molecule has 0 bridgehead atoms. The van der Waals surface area contributed by atoms with E-state index in [4.69, 9.17) is 0 Å². The molecule has 0 aliphatic heterocycles. The van der Waals surface area contributed by atoms with Crippen molar-refractivity contribution in [2.24, 2.45) is 0 Å². The molecule has 112 valence electrons. The van der Waals surface area contributed by atoms with Gasteiger partial charge in [-0.1, -0.05) is 38.3 Å². The van der Waals surface area contributed by atoms with Gasteiger partial charge < -0.3 is 10.4 Å². The number of aliphatic hydroxyl groups is 1. The van der Waals surface area contributed by atoms with Crippen LogP contribution >= 0.6 is 11.8 Å². The average molecular weight is 293 g/mol. The molecule has 0 amide bonds. The Kier molecular flexibility index (Phi) is 5.94. The molecule has 0 aromatic heterocycles. The molecule has 1 fully saturated rings. The van der Waals surface area contributed by atoms with Gasteiger partial charge in [0.1, 0.15) is 0 Å². The van der Waals surface area contributed by atoms with E-state index < -0.39 is 5.60 Å². The zero-order valence-electron chi connectivity index (χ0n) is 12.7. The number of hydrogen-bond acceptors (Lipinski definition) is 3. The van der Waals surface area contributed by atoms with Gasteiger partial charge in [0, 0.05) is 16.7 Å². The molecule has 2 N–H and O–H groups in total. The quantitative estimate of drug-likeness (QED) is 0.773. The maximum atomic E-state index is 10.5. The Morgan fingerprint density at radius 1 is 1.20 bits per heavy atom.